The van der Waals surface area contributed by atoms with Crippen molar-refractivity contribution in [2.24, 2.45) is 14.1 Å². The quantitative estimate of drug-likeness (QED) is 0.602. The molecule has 3 rings (SSSR count). The Balaban J connectivity index is 2.42. The topological polar surface area (TPSA) is 78.9 Å². The molecule has 0 aliphatic carbocycles. The van der Waals surface area contributed by atoms with Gasteiger partial charge < -0.3 is 0 Å². The van der Waals surface area contributed by atoms with Crippen molar-refractivity contribution < 1.29 is 4.79 Å². The third-order valence-electron chi connectivity index (χ3n) is 3.44. The number of carbonyl (C=O) groups is 1. The van der Waals surface area contributed by atoms with E-state index >= 15 is 0 Å². The van der Waals surface area contributed by atoms with Crippen LogP contribution < -0.4 is 11.2 Å². The number of rotatable bonds is 1. The summed E-state index contributed by atoms with van der Waals surface area (Å²) in [5, 5.41) is 0. The molecule has 0 radical (unpaired) electrons. The minimum absolute atomic E-state index is 0.0605. The van der Waals surface area contributed by atoms with Gasteiger partial charge in [-0.2, -0.15) is 0 Å². The smallest absolute Gasteiger partial charge is 0.279 e. The Hall–Kier alpha value is -2.48. The molecule has 0 saturated carbocycles. The number of aromatic nitrogens is 4. The first kappa shape index (κ1) is 14.5. The molecular formula is C14H11BrN4O3. The summed E-state index contributed by atoms with van der Waals surface area (Å²) in [6, 6.07) is 8.54. The summed E-state index contributed by atoms with van der Waals surface area (Å²) < 4.78 is 3.53. The summed E-state index contributed by atoms with van der Waals surface area (Å²) in [6.45, 7) is 0. The lowest BCUT2D eigenvalue weighted by Crippen LogP contribution is -2.38. The Kier molecular flexibility index (Phi) is 3.32. The highest BCUT2D eigenvalue weighted by molar-refractivity contribution is 9.10. The molecule has 0 aliphatic heterocycles. The maximum Gasteiger partial charge on any atom is 0.332 e. The van der Waals surface area contributed by atoms with Crippen molar-refractivity contribution in [3.05, 3.63) is 61.5 Å². The van der Waals surface area contributed by atoms with Crippen LogP contribution in [0.3, 0.4) is 0 Å². The summed E-state index contributed by atoms with van der Waals surface area (Å²) in [5.74, 6) is -0.397. The number of nitrogens with zero attached hydrogens (tertiary/aromatic N) is 4. The van der Waals surface area contributed by atoms with Crippen LogP contribution in [0.5, 0.6) is 0 Å². The predicted molar refractivity (Wildman–Crippen MR) is 84.1 cm³/mol. The van der Waals surface area contributed by atoms with Crippen molar-refractivity contribution in [3.8, 4) is 0 Å². The van der Waals surface area contributed by atoms with Gasteiger partial charge in [0.2, 0.25) is 0 Å². The minimum Gasteiger partial charge on any atom is -0.279 e. The fourth-order valence-electron chi connectivity index (χ4n) is 2.26. The third kappa shape index (κ3) is 1.95. The number of hydrogen-bond donors (Lipinski definition) is 0. The summed E-state index contributed by atoms with van der Waals surface area (Å²) in [7, 11) is 2.86. The van der Waals surface area contributed by atoms with Gasteiger partial charge in [0, 0.05) is 19.7 Å². The summed E-state index contributed by atoms with van der Waals surface area (Å²) in [5.41, 5.74) is -0.435. The Morgan fingerprint density at radius 3 is 2.36 bits per heavy atom. The number of halogens is 1. The van der Waals surface area contributed by atoms with Gasteiger partial charge in [-0.05, 0) is 28.1 Å². The second kappa shape index (κ2) is 5.06. The van der Waals surface area contributed by atoms with Crippen LogP contribution in [0.15, 0.2) is 44.7 Å². The Morgan fingerprint density at radius 2 is 1.73 bits per heavy atom. The zero-order valence-electron chi connectivity index (χ0n) is 11.8. The van der Waals surface area contributed by atoms with Crippen LogP contribution in [-0.2, 0) is 14.1 Å². The average molecular weight is 363 g/mol. The zero-order chi connectivity index (χ0) is 16.0. The van der Waals surface area contributed by atoms with Crippen LogP contribution >= 0.6 is 15.9 Å². The van der Waals surface area contributed by atoms with Crippen molar-refractivity contribution >= 4 is 33.0 Å². The van der Waals surface area contributed by atoms with E-state index in [0.717, 1.165) is 4.57 Å². The van der Waals surface area contributed by atoms with Crippen molar-refractivity contribution in [2.45, 2.75) is 0 Å². The Labute approximate surface area is 132 Å². The van der Waals surface area contributed by atoms with Gasteiger partial charge in [0.1, 0.15) is 0 Å². The highest BCUT2D eigenvalue weighted by Gasteiger charge is 2.22. The standard InChI is InChI=1S/C14H11BrN4O3/c1-17-10-9(12(21)18(2)14(17)22)19(13(15)16-10)11(20)8-6-4-3-5-7-8/h3-7H,1-2H3. The first-order chi connectivity index (χ1) is 10.4. The number of hydrogen-bond acceptors (Lipinski definition) is 4. The monoisotopic (exact) mass is 362 g/mol. The van der Waals surface area contributed by atoms with E-state index in [0.29, 0.717) is 5.56 Å². The van der Waals surface area contributed by atoms with Crippen LogP contribution in [0.25, 0.3) is 11.2 Å². The lowest BCUT2D eigenvalue weighted by molar-refractivity contribution is 0.0961. The van der Waals surface area contributed by atoms with E-state index in [1.165, 1.54) is 23.2 Å². The molecule has 1 aromatic carbocycles. The molecular weight excluding hydrogens is 352 g/mol. The molecule has 0 aliphatic rings. The van der Waals surface area contributed by atoms with Gasteiger partial charge in [0.25, 0.3) is 11.5 Å². The molecule has 112 valence electrons. The first-order valence-electron chi connectivity index (χ1n) is 6.37. The molecule has 0 amide bonds. The van der Waals surface area contributed by atoms with Crippen molar-refractivity contribution in [1.82, 2.24) is 18.7 Å². The first-order valence-corrected chi connectivity index (χ1v) is 7.16. The fourth-order valence-corrected chi connectivity index (χ4v) is 2.77. The van der Waals surface area contributed by atoms with E-state index in [2.05, 4.69) is 20.9 Å². The van der Waals surface area contributed by atoms with Crippen LogP contribution in [0, 0.1) is 0 Å². The van der Waals surface area contributed by atoms with E-state index in [9.17, 15) is 14.4 Å². The lowest BCUT2D eigenvalue weighted by Gasteiger charge is -2.06. The summed E-state index contributed by atoms with van der Waals surface area (Å²) >= 11 is 3.19. The van der Waals surface area contributed by atoms with Crippen LogP contribution in [0.4, 0.5) is 0 Å². The van der Waals surface area contributed by atoms with Gasteiger partial charge in [-0.1, -0.05) is 18.2 Å². The highest BCUT2D eigenvalue weighted by atomic mass is 79.9. The zero-order valence-corrected chi connectivity index (χ0v) is 13.4. The molecule has 0 N–H and O–H groups in total. The predicted octanol–water partition coefficient (Wildman–Crippen LogP) is 0.885. The molecule has 2 heterocycles. The largest absolute Gasteiger partial charge is 0.332 e. The van der Waals surface area contributed by atoms with Gasteiger partial charge in [-0.15, -0.1) is 0 Å². The van der Waals surface area contributed by atoms with Gasteiger partial charge in [0.05, 0.1) is 0 Å². The Morgan fingerprint density at radius 1 is 1.09 bits per heavy atom. The molecule has 3 aromatic rings. The number of fused-ring (bicyclic) bond motifs is 1. The number of imidazole rings is 1. The molecule has 8 heteroatoms. The SMILES string of the molecule is Cn1c(=O)c2c(nc(Br)n2C(=O)c2ccccc2)n(C)c1=O. The molecule has 0 spiro atoms. The van der Waals surface area contributed by atoms with Crippen LogP contribution in [0.1, 0.15) is 10.4 Å². The van der Waals surface area contributed by atoms with E-state index in [-0.39, 0.29) is 15.9 Å². The van der Waals surface area contributed by atoms with E-state index in [4.69, 9.17) is 0 Å². The van der Waals surface area contributed by atoms with Crippen molar-refractivity contribution in [2.75, 3.05) is 0 Å². The molecule has 0 fully saturated rings. The van der Waals surface area contributed by atoms with E-state index in [1.54, 1.807) is 30.3 Å². The number of benzene rings is 1. The highest BCUT2D eigenvalue weighted by Crippen LogP contribution is 2.18. The average Bonchev–Trinajstić information content (AvgIpc) is 2.88. The fraction of sp³-hybridized carbons (Fsp3) is 0.143. The number of aryl methyl sites for hydroxylation is 1. The third-order valence-corrected chi connectivity index (χ3v) is 3.97. The van der Waals surface area contributed by atoms with Gasteiger partial charge in [0.15, 0.2) is 15.9 Å². The number of carbonyl (C=O) groups excluding carboxylic acids is 1. The summed E-state index contributed by atoms with van der Waals surface area (Å²) in [6.07, 6.45) is 0. The van der Waals surface area contributed by atoms with Gasteiger partial charge >= 0.3 is 5.69 Å². The maximum atomic E-state index is 12.7. The van der Waals surface area contributed by atoms with Crippen LogP contribution in [-0.4, -0.2) is 24.6 Å². The maximum absolute atomic E-state index is 12.7. The second-order valence-electron chi connectivity index (χ2n) is 4.77. The minimum atomic E-state index is -0.569. The van der Waals surface area contributed by atoms with Gasteiger partial charge in [-0.3, -0.25) is 18.7 Å². The normalized spacial score (nSPS) is 11.0. The molecule has 7 nitrogen and oxygen atoms in total. The van der Waals surface area contributed by atoms with E-state index < -0.39 is 17.2 Å². The molecule has 22 heavy (non-hydrogen) atoms. The van der Waals surface area contributed by atoms with Gasteiger partial charge in [-0.25, -0.2) is 14.3 Å². The molecule has 0 atom stereocenters. The van der Waals surface area contributed by atoms with E-state index in [1.807, 2.05) is 0 Å². The molecule has 2 aromatic heterocycles. The molecule has 0 unspecified atom stereocenters. The Bertz CT molecular complexity index is 1010. The van der Waals surface area contributed by atoms with Crippen molar-refractivity contribution in [3.63, 3.8) is 0 Å². The second-order valence-corrected chi connectivity index (χ2v) is 5.47. The van der Waals surface area contributed by atoms with Crippen molar-refractivity contribution in [1.29, 1.82) is 0 Å². The lowest BCUT2D eigenvalue weighted by atomic mass is 10.2. The molecule has 0 saturated heterocycles. The van der Waals surface area contributed by atoms with Crippen LogP contribution in [0.2, 0.25) is 0 Å². The molecule has 0 bridgehead atoms. The summed E-state index contributed by atoms with van der Waals surface area (Å²) in [4.78, 5) is 41.1.